The fourth-order valence-electron chi connectivity index (χ4n) is 2.81. The summed E-state index contributed by atoms with van der Waals surface area (Å²) in [5.41, 5.74) is 0.147. The number of nitrogens with zero attached hydrogens (tertiary/aromatic N) is 2. The van der Waals surface area contributed by atoms with Crippen LogP contribution in [0.3, 0.4) is 0 Å². The van der Waals surface area contributed by atoms with Crippen molar-refractivity contribution < 1.29 is 9.50 Å². The molecule has 2 heterocycles. The van der Waals surface area contributed by atoms with Crippen LogP contribution in [0.25, 0.3) is 0 Å². The summed E-state index contributed by atoms with van der Waals surface area (Å²) in [6.45, 7) is 6.03. The first-order chi connectivity index (χ1) is 9.01. The molecule has 19 heavy (non-hydrogen) atoms. The van der Waals surface area contributed by atoms with Crippen LogP contribution in [-0.4, -0.2) is 33.6 Å². The van der Waals surface area contributed by atoms with Crippen LogP contribution in [0.4, 0.5) is 4.39 Å². The maximum absolute atomic E-state index is 13.2. The predicted octanol–water partition coefficient (Wildman–Crippen LogP) is 2.91. The van der Waals surface area contributed by atoms with Crippen LogP contribution in [0.5, 0.6) is 0 Å². The standard InChI is InChI=1S/C15H23FN2O/c1-15(2,18-7-5-3-4-6-8-18)14(19)12-9-13(16)11-17-10-12/h9-11,14,19H,3-8H2,1-2H3. The molecule has 0 spiro atoms. The van der Waals surface area contributed by atoms with E-state index < -0.39 is 17.5 Å². The Hall–Kier alpha value is -1.00. The van der Waals surface area contributed by atoms with E-state index in [1.165, 1.54) is 18.9 Å². The van der Waals surface area contributed by atoms with Crippen molar-refractivity contribution in [3.63, 3.8) is 0 Å². The number of aliphatic hydroxyl groups is 1. The second-order valence-electron chi connectivity index (χ2n) is 5.89. The van der Waals surface area contributed by atoms with E-state index in [-0.39, 0.29) is 0 Å². The first-order valence-corrected chi connectivity index (χ1v) is 7.05. The summed E-state index contributed by atoms with van der Waals surface area (Å²) in [7, 11) is 0. The molecule has 0 saturated carbocycles. The average Bonchev–Trinajstić information content (AvgIpc) is 2.67. The molecule has 1 N–H and O–H groups in total. The number of aliphatic hydroxyl groups excluding tert-OH is 1. The van der Waals surface area contributed by atoms with Gasteiger partial charge in [-0.3, -0.25) is 9.88 Å². The lowest BCUT2D eigenvalue weighted by Gasteiger charge is -2.41. The molecular formula is C15H23FN2O. The summed E-state index contributed by atoms with van der Waals surface area (Å²) in [5.74, 6) is -0.400. The van der Waals surface area contributed by atoms with Crippen molar-refractivity contribution in [3.05, 3.63) is 29.8 Å². The van der Waals surface area contributed by atoms with E-state index in [4.69, 9.17) is 0 Å². The van der Waals surface area contributed by atoms with Crippen molar-refractivity contribution >= 4 is 0 Å². The minimum atomic E-state index is -0.728. The maximum Gasteiger partial charge on any atom is 0.141 e. The van der Waals surface area contributed by atoms with Crippen molar-refractivity contribution in [2.45, 2.75) is 51.2 Å². The van der Waals surface area contributed by atoms with Gasteiger partial charge in [0, 0.05) is 17.3 Å². The Bertz CT molecular complexity index is 414. The highest BCUT2D eigenvalue weighted by Gasteiger charge is 2.35. The zero-order valence-electron chi connectivity index (χ0n) is 11.8. The molecule has 1 unspecified atom stereocenters. The molecule has 0 radical (unpaired) electrons. The van der Waals surface area contributed by atoms with Gasteiger partial charge in [-0.2, -0.15) is 0 Å². The molecule has 1 fully saturated rings. The molecule has 1 aliphatic heterocycles. The number of aromatic nitrogens is 1. The van der Waals surface area contributed by atoms with Gasteiger partial charge in [0.15, 0.2) is 0 Å². The van der Waals surface area contributed by atoms with Crippen LogP contribution in [-0.2, 0) is 0 Å². The molecule has 1 aromatic rings. The third-order valence-corrected chi connectivity index (χ3v) is 4.13. The molecule has 2 rings (SSSR count). The Morgan fingerprint density at radius 1 is 1.21 bits per heavy atom. The molecule has 1 aliphatic rings. The highest BCUT2D eigenvalue weighted by atomic mass is 19.1. The van der Waals surface area contributed by atoms with Gasteiger partial charge in [0.2, 0.25) is 0 Å². The molecule has 0 bridgehead atoms. The lowest BCUT2D eigenvalue weighted by Crippen LogP contribution is -2.48. The molecule has 4 heteroatoms. The van der Waals surface area contributed by atoms with Gasteiger partial charge in [0.1, 0.15) is 5.82 Å². The summed E-state index contributed by atoms with van der Waals surface area (Å²) < 4.78 is 13.2. The summed E-state index contributed by atoms with van der Waals surface area (Å²) in [5, 5.41) is 10.6. The van der Waals surface area contributed by atoms with Gasteiger partial charge in [0.25, 0.3) is 0 Å². The van der Waals surface area contributed by atoms with Crippen LogP contribution in [0.2, 0.25) is 0 Å². The summed E-state index contributed by atoms with van der Waals surface area (Å²) >= 11 is 0. The monoisotopic (exact) mass is 266 g/mol. The molecule has 0 amide bonds. The van der Waals surface area contributed by atoms with Crippen molar-refractivity contribution in [1.29, 1.82) is 0 Å². The predicted molar refractivity (Wildman–Crippen MR) is 73.3 cm³/mol. The molecule has 1 aromatic heterocycles. The van der Waals surface area contributed by atoms with Gasteiger partial charge >= 0.3 is 0 Å². The topological polar surface area (TPSA) is 36.4 Å². The van der Waals surface area contributed by atoms with Crippen LogP contribution >= 0.6 is 0 Å². The van der Waals surface area contributed by atoms with Gasteiger partial charge in [-0.15, -0.1) is 0 Å². The SMILES string of the molecule is CC(C)(C(O)c1cncc(F)c1)N1CCCCCC1. The quantitative estimate of drug-likeness (QED) is 0.914. The highest BCUT2D eigenvalue weighted by Crippen LogP contribution is 2.32. The van der Waals surface area contributed by atoms with Crippen LogP contribution < -0.4 is 0 Å². The summed E-state index contributed by atoms with van der Waals surface area (Å²) in [6, 6.07) is 1.37. The van der Waals surface area contributed by atoms with E-state index in [2.05, 4.69) is 9.88 Å². The fourth-order valence-corrected chi connectivity index (χ4v) is 2.81. The normalized spacial score (nSPS) is 20.0. The van der Waals surface area contributed by atoms with E-state index in [0.29, 0.717) is 5.56 Å². The number of rotatable bonds is 3. The molecule has 0 aromatic carbocycles. The molecule has 1 atom stereocenters. The van der Waals surface area contributed by atoms with E-state index in [9.17, 15) is 9.50 Å². The van der Waals surface area contributed by atoms with Crippen LogP contribution in [0, 0.1) is 5.82 Å². The van der Waals surface area contributed by atoms with Crippen molar-refractivity contribution in [3.8, 4) is 0 Å². The van der Waals surface area contributed by atoms with Gasteiger partial charge in [0.05, 0.1) is 12.3 Å². The van der Waals surface area contributed by atoms with Crippen molar-refractivity contribution in [1.82, 2.24) is 9.88 Å². The number of pyridine rings is 1. The minimum absolute atomic E-state index is 0.400. The van der Waals surface area contributed by atoms with Crippen LogP contribution in [0.1, 0.15) is 51.2 Å². The second-order valence-corrected chi connectivity index (χ2v) is 5.89. The zero-order valence-corrected chi connectivity index (χ0v) is 11.8. The first kappa shape index (κ1) is 14.4. The fraction of sp³-hybridized carbons (Fsp3) is 0.667. The molecular weight excluding hydrogens is 243 g/mol. The summed E-state index contributed by atoms with van der Waals surface area (Å²) in [4.78, 5) is 6.14. The minimum Gasteiger partial charge on any atom is -0.386 e. The molecule has 0 aliphatic carbocycles. The Morgan fingerprint density at radius 2 is 1.84 bits per heavy atom. The van der Waals surface area contributed by atoms with Gasteiger partial charge in [-0.05, 0) is 45.8 Å². The van der Waals surface area contributed by atoms with Crippen molar-refractivity contribution in [2.24, 2.45) is 0 Å². The van der Waals surface area contributed by atoms with Gasteiger partial charge in [-0.25, -0.2) is 4.39 Å². The lowest BCUT2D eigenvalue weighted by molar-refractivity contribution is -0.0103. The van der Waals surface area contributed by atoms with E-state index >= 15 is 0 Å². The van der Waals surface area contributed by atoms with Gasteiger partial charge < -0.3 is 5.11 Å². The largest absolute Gasteiger partial charge is 0.386 e. The average molecular weight is 266 g/mol. The summed E-state index contributed by atoms with van der Waals surface area (Å²) in [6.07, 6.45) is 6.82. The van der Waals surface area contributed by atoms with Gasteiger partial charge in [-0.1, -0.05) is 12.8 Å². The zero-order chi connectivity index (χ0) is 13.9. The van der Waals surface area contributed by atoms with Crippen molar-refractivity contribution in [2.75, 3.05) is 13.1 Å². The Labute approximate surface area is 114 Å². The third-order valence-electron chi connectivity index (χ3n) is 4.13. The molecule has 106 valence electrons. The Morgan fingerprint density at radius 3 is 2.42 bits per heavy atom. The molecule has 1 saturated heterocycles. The Kier molecular flexibility index (Phi) is 4.53. The highest BCUT2D eigenvalue weighted by molar-refractivity contribution is 5.17. The number of hydrogen-bond acceptors (Lipinski definition) is 3. The second kappa shape index (κ2) is 5.97. The number of hydrogen-bond donors (Lipinski definition) is 1. The third kappa shape index (κ3) is 3.31. The lowest BCUT2D eigenvalue weighted by atomic mass is 9.90. The smallest absolute Gasteiger partial charge is 0.141 e. The molecule has 3 nitrogen and oxygen atoms in total. The Balaban J connectivity index is 2.17. The van der Waals surface area contributed by atoms with Crippen LogP contribution in [0.15, 0.2) is 18.5 Å². The van der Waals surface area contributed by atoms with E-state index in [1.54, 1.807) is 6.20 Å². The number of likely N-dealkylation sites (tertiary alicyclic amines) is 1. The maximum atomic E-state index is 13.2. The first-order valence-electron chi connectivity index (χ1n) is 7.05. The van der Waals surface area contributed by atoms with E-state index in [0.717, 1.165) is 32.1 Å². The van der Waals surface area contributed by atoms with E-state index in [1.807, 2.05) is 13.8 Å². The number of halogens is 1.